The van der Waals surface area contributed by atoms with E-state index in [1.165, 1.54) is 6.92 Å². The van der Waals surface area contributed by atoms with Gasteiger partial charge in [0.15, 0.2) is 0 Å². The maximum atomic E-state index is 12.4. The van der Waals surface area contributed by atoms with E-state index in [0.29, 0.717) is 0 Å². The Hall–Kier alpha value is -3.22. The van der Waals surface area contributed by atoms with Crippen LogP contribution in [0.4, 0.5) is 0 Å². The van der Waals surface area contributed by atoms with Crippen molar-refractivity contribution in [1.29, 1.82) is 0 Å². The quantitative estimate of drug-likeness (QED) is 0.172. The second-order valence-corrected chi connectivity index (χ2v) is 5.70. The van der Waals surface area contributed by atoms with E-state index in [1.54, 1.807) is 0 Å². The Morgan fingerprint density at radius 1 is 0.889 bits per heavy atom. The summed E-state index contributed by atoms with van der Waals surface area (Å²) in [5, 5.41) is 15.1. The number of carboxylic acid groups (broad SMARTS) is 1. The van der Waals surface area contributed by atoms with Gasteiger partial charge in [0.05, 0.1) is 12.5 Å². The molecular weight excluding hydrogens is 364 g/mol. The standard InChI is InChI=1S/C14H24N6O7/c1-6(15)12(25)19-7(2-3-9(16)21)14(27)20-8(4-10(17)22)13(26)18-5-11(23)24/h6-8H,2-5,15H2,1H3,(H2,16,21)(H2,17,22)(H,18,26)(H,19,25)(H,20,27)(H,23,24). The molecule has 0 aliphatic rings. The predicted octanol–water partition coefficient (Wildman–Crippen LogP) is -4.36. The Morgan fingerprint density at radius 3 is 1.89 bits per heavy atom. The molecule has 152 valence electrons. The van der Waals surface area contributed by atoms with Gasteiger partial charge in [0.1, 0.15) is 18.6 Å². The third kappa shape index (κ3) is 10.4. The van der Waals surface area contributed by atoms with Gasteiger partial charge in [-0.1, -0.05) is 0 Å². The van der Waals surface area contributed by atoms with Crippen molar-refractivity contribution in [3.05, 3.63) is 0 Å². The zero-order valence-electron chi connectivity index (χ0n) is 14.7. The van der Waals surface area contributed by atoms with E-state index in [-0.39, 0.29) is 12.8 Å². The summed E-state index contributed by atoms with van der Waals surface area (Å²) in [6.45, 7) is 0.629. The van der Waals surface area contributed by atoms with Crippen molar-refractivity contribution in [3.8, 4) is 0 Å². The lowest BCUT2D eigenvalue weighted by molar-refractivity contribution is -0.138. The number of aliphatic carboxylic acids is 1. The van der Waals surface area contributed by atoms with Crippen LogP contribution in [0, 0.1) is 0 Å². The summed E-state index contributed by atoms with van der Waals surface area (Å²) in [6, 6.07) is -3.69. The average molecular weight is 388 g/mol. The van der Waals surface area contributed by atoms with Crippen LogP contribution in [0.15, 0.2) is 0 Å². The van der Waals surface area contributed by atoms with Crippen molar-refractivity contribution in [2.24, 2.45) is 17.2 Å². The molecule has 0 aromatic carbocycles. The van der Waals surface area contributed by atoms with E-state index in [0.717, 1.165) is 0 Å². The van der Waals surface area contributed by atoms with Gasteiger partial charge in [0, 0.05) is 6.42 Å². The number of amides is 5. The zero-order valence-corrected chi connectivity index (χ0v) is 14.7. The van der Waals surface area contributed by atoms with Crippen molar-refractivity contribution < 1.29 is 33.9 Å². The number of carbonyl (C=O) groups is 6. The first-order chi connectivity index (χ1) is 12.4. The molecule has 0 saturated heterocycles. The number of primary amides is 2. The average Bonchev–Trinajstić information content (AvgIpc) is 2.54. The van der Waals surface area contributed by atoms with Crippen LogP contribution in [0.25, 0.3) is 0 Å². The molecule has 5 amide bonds. The first-order valence-electron chi connectivity index (χ1n) is 7.86. The summed E-state index contributed by atoms with van der Waals surface area (Å²) in [5.41, 5.74) is 15.5. The number of rotatable bonds is 12. The second kappa shape index (κ2) is 11.4. The topological polar surface area (TPSA) is 237 Å². The summed E-state index contributed by atoms with van der Waals surface area (Å²) in [4.78, 5) is 68.6. The minimum atomic E-state index is -1.47. The minimum Gasteiger partial charge on any atom is -0.480 e. The summed E-state index contributed by atoms with van der Waals surface area (Å²) in [6.07, 6.45) is -1.04. The molecule has 13 nitrogen and oxygen atoms in total. The van der Waals surface area contributed by atoms with Crippen LogP contribution in [0.5, 0.6) is 0 Å². The van der Waals surface area contributed by atoms with Gasteiger partial charge in [-0.15, -0.1) is 0 Å². The Kier molecular flexibility index (Phi) is 10.0. The largest absolute Gasteiger partial charge is 0.480 e. The molecule has 3 atom stereocenters. The highest BCUT2D eigenvalue weighted by molar-refractivity contribution is 5.95. The second-order valence-electron chi connectivity index (χ2n) is 5.70. The Labute approximate surface area is 154 Å². The van der Waals surface area contributed by atoms with Gasteiger partial charge in [0.25, 0.3) is 0 Å². The lowest BCUT2D eigenvalue weighted by Crippen LogP contribution is -2.56. The predicted molar refractivity (Wildman–Crippen MR) is 90.4 cm³/mol. The van der Waals surface area contributed by atoms with E-state index in [4.69, 9.17) is 22.3 Å². The molecule has 0 radical (unpaired) electrons. The van der Waals surface area contributed by atoms with Crippen LogP contribution < -0.4 is 33.2 Å². The molecule has 0 spiro atoms. The number of nitrogens with one attached hydrogen (secondary N) is 3. The third-order valence-corrected chi connectivity index (χ3v) is 3.18. The molecule has 0 aliphatic heterocycles. The fourth-order valence-electron chi connectivity index (χ4n) is 1.83. The molecule has 13 heteroatoms. The van der Waals surface area contributed by atoms with Gasteiger partial charge in [0.2, 0.25) is 29.5 Å². The number of carboxylic acids is 1. The van der Waals surface area contributed by atoms with Gasteiger partial charge in [-0.3, -0.25) is 28.8 Å². The molecule has 0 bridgehead atoms. The molecule has 0 aromatic heterocycles. The van der Waals surface area contributed by atoms with Crippen molar-refractivity contribution in [2.75, 3.05) is 6.54 Å². The van der Waals surface area contributed by atoms with Crippen LogP contribution in [-0.2, 0) is 28.8 Å². The zero-order chi connectivity index (χ0) is 21.1. The highest BCUT2D eigenvalue weighted by Crippen LogP contribution is 2.01. The van der Waals surface area contributed by atoms with E-state index < -0.39 is 66.6 Å². The molecule has 0 aromatic rings. The highest BCUT2D eigenvalue weighted by Gasteiger charge is 2.28. The van der Waals surface area contributed by atoms with Crippen LogP contribution in [0.2, 0.25) is 0 Å². The lowest BCUT2D eigenvalue weighted by atomic mass is 10.1. The smallest absolute Gasteiger partial charge is 0.322 e. The fourth-order valence-corrected chi connectivity index (χ4v) is 1.83. The fraction of sp³-hybridized carbons (Fsp3) is 0.571. The molecule has 0 heterocycles. The summed E-state index contributed by atoms with van der Waals surface area (Å²) in [7, 11) is 0. The molecule has 3 unspecified atom stereocenters. The van der Waals surface area contributed by atoms with Crippen LogP contribution in [0.3, 0.4) is 0 Å². The van der Waals surface area contributed by atoms with Gasteiger partial charge in [-0.2, -0.15) is 0 Å². The van der Waals surface area contributed by atoms with Crippen molar-refractivity contribution in [2.45, 2.75) is 44.3 Å². The van der Waals surface area contributed by atoms with Gasteiger partial charge >= 0.3 is 5.97 Å². The molecule has 0 saturated carbocycles. The van der Waals surface area contributed by atoms with Gasteiger partial charge < -0.3 is 38.3 Å². The van der Waals surface area contributed by atoms with Crippen LogP contribution >= 0.6 is 0 Å². The molecule has 0 fully saturated rings. The number of nitrogens with two attached hydrogens (primary N) is 3. The van der Waals surface area contributed by atoms with E-state index in [1.807, 2.05) is 5.32 Å². The summed E-state index contributed by atoms with van der Waals surface area (Å²) in [5.74, 6) is -5.55. The Morgan fingerprint density at radius 2 is 1.44 bits per heavy atom. The normalized spacial score (nSPS) is 13.6. The maximum Gasteiger partial charge on any atom is 0.322 e. The van der Waals surface area contributed by atoms with E-state index in [2.05, 4.69) is 10.6 Å². The van der Waals surface area contributed by atoms with Crippen molar-refractivity contribution in [3.63, 3.8) is 0 Å². The number of hydrogen-bond donors (Lipinski definition) is 7. The molecule has 27 heavy (non-hydrogen) atoms. The third-order valence-electron chi connectivity index (χ3n) is 3.18. The molecule has 0 aliphatic carbocycles. The molecule has 10 N–H and O–H groups in total. The van der Waals surface area contributed by atoms with E-state index >= 15 is 0 Å². The summed E-state index contributed by atoms with van der Waals surface area (Å²) >= 11 is 0. The van der Waals surface area contributed by atoms with E-state index in [9.17, 15) is 28.8 Å². The summed E-state index contributed by atoms with van der Waals surface area (Å²) < 4.78 is 0. The van der Waals surface area contributed by atoms with Crippen molar-refractivity contribution >= 4 is 35.5 Å². The monoisotopic (exact) mass is 388 g/mol. The minimum absolute atomic E-state index is 0.181. The van der Waals surface area contributed by atoms with Crippen molar-refractivity contribution in [1.82, 2.24) is 16.0 Å². The van der Waals surface area contributed by atoms with Gasteiger partial charge in [-0.25, -0.2) is 0 Å². The van der Waals surface area contributed by atoms with Crippen LogP contribution in [-0.4, -0.2) is 65.3 Å². The first kappa shape index (κ1) is 23.8. The SMILES string of the molecule is CC(N)C(=O)NC(CCC(N)=O)C(=O)NC(CC(N)=O)C(=O)NCC(=O)O. The Bertz CT molecular complexity index is 607. The molecule has 0 rings (SSSR count). The Balaban J connectivity index is 5.21. The van der Waals surface area contributed by atoms with Gasteiger partial charge in [-0.05, 0) is 13.3 Å². The number of carbonyl (C=O) groups excluding carboxylic acids is 5. The number of hydrogen-bond acceptors (Lipinski definition) is 7. The highest BCUT2D eigenvalue weighted by atomic mass is 16.4. The molecular formula is C14H24N6O7. The first-order valence-corrected chi connectivity index (χ1v) is 7.86. The lowest BCUT2D eigenvalue weighted by Gasteiger charge is -2.22. The maximum absolute atomic E-state index is 12.4. The van der Waals surface area contributed by atoms with Crippen LogP contribution in [0.1, 0.15) is 26.2 Å².